The molecule has 1 aliphatic heterocycles. The van der Waals surface area contributed by atoms with Crippen molar-refractivity contribution in [2.75, 3.05) is 20.2 Å². The zero-order chi connectivity index (χ0) is 14.8. The van der Waals surface area contributed by atoms with Gasteiger partial charge in [0.15, 0.2) is 0 Å². The van der Waals surface area contributed by atoms with E-state index in [4.69, 9.17) is 4.74 Å². The molecule has 1 heterocycles. The van der Waals surface area contributed by atoms with Crippen LogP contribution in [-0.4, -0.2) is 36.7 Å². The van der Waals surface area contributed by atoms with Crippen molar-refractivity contribution in [2.45, 2.75) is 45.3 Å². The molecule has 1 aliphatic rings. The van der Waals surface area contributed by atoms with Crippen LogP contribution >= 0.6 is 15.9 Å². The van der Waals surface area contributed by atoms with E-state index in [1.807, 2.05) is 6.07 Å². The minimum atomic E-state index is 0.220. The number of ether oxygens (including phenoxy) is 1. The highest BCUT2D eigenvalue weighted by Gasteiger charge is 2.32. The molecule has 2 atom stereocenters. The topological polar surface area (TPSA) is 24.5 Å². The van der Waals surface area contributed by atoms with E-state index in [0.717, 1.165) is 36.3 Å². The number of benzene rings is 1. The van der Waals surface area contributed by atoms with Gasteiger partial charge >= 0.3 is 0 Å². The monoisotopic (exact) mass is 340 g/mol. The predicted molar refractivity (Wildman–Crippen MR) is 87.3 cm³/mol. The van der Waals surface area contributed by atoms with Gasteiger partial charge < -0.3 is 10.1 Å². The van der Waals surface area contributed by atoms with E-state index in [2.05, 4.69) is 59.1 Å². The fraction of sp³-hybridized carbons (Fsp3) is 0.625. The zero-order valence-corrected chi connectivity index (χ0v) is 14.5. The van der Waals surface area contributed by atoms with Crippen molar-refractivity contribution in [3.05, 3.63) is 28.2 Å². The molecule has 2 rings (SSSR count). The van der Waals surface area contributed by atoms with Gasteiger partial charge in [0.25, 0.3) is 0 Å². The minimum Gasteiger partial charge on any atom is -0.497 e. The Hall–Kier alpha value is -0.580. The third-order valence-electron chi connectivity index (χ3n) is 4.41. The summed E-state index contributed by atoms with van der Waals surface area (Å²) in [6, 6.07) is 6.74. The molecule has 1 N–H and O–H groups in total. The SMILES string of the molecule is CCC1(C)CN(Cc2cc(OC)ccc2Br)C(C)CN1. The van der Waals surface area contributed by atoms with Gasteiger partial charge in [-0.2, -0.15) is 0 Å². The molecular weight excluding hydrogens is 316 g/mol. The highest BCUT2D eigenvalue weighted by molar-refractivity contribution is 9.10. The molecule has 0 spiro atoms. The summed E-state index contributed by atoms with van der Waals surface area (Å²) >= 11 is 3.65. The van der Waals surface area contributed by atoms with E-state index in [-0.39, 0.29) is 5.54 Å². The first kappa shape index (κ1) is 15.8. The smallest absolute Gasteiger partial charge is 0.119 e. The fourth-order valence-corrected chi connectivity index (χ4v) is 3.02. The number of nitrogens with zero attached hydrogens (tertiary/aromatic N) is 1. The largest absolute Gasteiger partial charge is 0.497 e. The van der Waals surface area contributed by atoms with Gasteiger partial charge in [0.05, 0.1) is 7.11 Å². The Kier molecular flexibility index (Phi) is 5.10. The predicted octanol–water partition coefficient (Wildman–Crippen LogP) is 3.42. The Labute approximate surface area is 130 Å². The molecule has 4 heteroatoms. The van der Waals surface area contributed by atoms with Crippen LogP contribution in [0, 0.1) is 0 Å². The number of nitrogens with one attached hydrogen (secondary N) is 1. The molecular formula is C16H25BrN2O. The van der Waals surface area contributed by atoms with Gasteiger partial charge in [-0.15, -0.1) is 0 Å². The van der Waals surface area contributed by atoms with Crippen LogP contribution < -0.4 is 10.1 Å². The van der Waals surface area contributed by atoms with Gasteiger partial charge in [0.1, 0.15) is 5.75 Å². The second-order valence-electron chi connectivity index (χ2n) is 6.01. The van der Waals surface area contributed by atoms with Gasteiger partial charge in [-0.3, -0.25) is 4.90 Å². The third kappa shape index (κ3) is 3.54. The van der Waals surface area contributed by atoms with Crippen molar-refractivity contribution in [2.24, 2.45) is 0 Å². The fourth-order valence-electron chi connectivity index (χ4n) is 2.65. The van der Waals surface area contributed by atoms with E-state index >= 15 is 0 Å². The van der Waals surface area contributed by atoms with Gasteiger partial charge in [0.2, 0.25) is 0 Å². The summed E-state index contributed by atoms with van der Waals surface area (Å²) in [5, 5.41) is 3.67. The van der Waals surface area contributed by atoms with E-state index in [1.165, 1.54) is 5.56 Å². The summed E-state index contributed by atoms with van der Waals surface area (Å²) in [5.74, 6) is 0.921. The normalized spacial score (nSPS) is 27.6. The van der Waals surface area contributed by atoms with E-state index < -0.39 is 0 Å². The maximum Gasteiger partial charge on any atom is 0.119 e. The summed E-state index contributed by atoms with van der Waals surface area (Å²) < 4.78 is 6.49. The third-order valence-corrected chi connectivity index (χ3v) is 5.18. The van der Waals surface area contributed by atoms with E-state index in [9.17, 15) is 0 Å². The first-order valence-corrected chi connectivity index (χ1v) is 8.08. The Balaban J connectivity index is 2.15. The van der Waals surface area contributed by atoms with Crippen LogP contribution in [0.25, 0.3) is 0 Å². The highest BCUT2D eigenvalue weighted by atomic mass is 79.9. The van der Waals surface area contributed by atoms with Crippen molar-refractivity contribution < 1.29 is 4.74 Å². The second-order valence-corrected chi connectivity index (χ2v) is 6.86. The van der Waals surface area contributed by atoms with Gasteiger partial charge in [-0.25, -0.2) is 0 Å². The molecule has 112 valence electrons. The van der Waals surface area contributed by atoms with Crippen molar-refractivity contribution in [1.29, 1.82) is 0 Å². The van der Waals surface area contributed by atoms with Crippen LogP contribution in [0.5, 0.6) is 5.75 Å². The molecule has 0 saturated carbocycles. The van der Waals surface area contributed by atoms with Crippen molar-refractivity contribution in [3.63, 3.8) is 0 Å². The maximum atomic E-state index is 5.34. The summed E-state index contributed by atoms with van der Waals surface area (Å²) in [4.78, 5) is 2.56. The molecule has 0 amide bonds. The number of rotatable bonds is 4. The van der Waals surface area contributed by atoms with Crippen molar-refractivity contribution in [3.8, 4) is 5.75 Å². The minimum absolute atomic E-state index is 0.220. The number of hydrogen-bond donors (Lipinski definition) is 1. The molecule has 3 nitrogen and oxygen atoms in total. The number of hydrogen-bond acceptors (Lipinski definition) is 3. The van der Waals surface area contributed by atoms with Crippen LogP contribution in [0.15, 0.2) is 22.7 Å². The zero-order valence-electron chi connectivity index (χ0n) is 12.9. The van der Waals surface area contributed by atoms with E-state index in [0.29, 0.717) is 6.04 Å². The lowest BCUT2D eigenvalue weighted by Crippen LogP contribution is -2.61. The average Bonchev–Trinajstić information content (AvgIpc) is 2.45. The molecule has 0 radical (unpaired) electrons. The van der Waals surface area contributed by atoms with Crippen LogP contribution in [0.3, 0.4) is 0 Å². The second kappa shape index (κ2) is 6.46. The molecule has 1 aromatic rings. The van der Waals surface area contributed by atoms with Crippen LogP contribution in [0.4, 0.5) is 0 Å². The van der Waals surface area contributed by atoms with Crippen molar-refractivity contribution in [1.82, 2.24) is 10.2 Å². The Bertz CT molecular complexity index is 466. The highest BCUT2D eigenvalue weighted by Crippen LogP contribution is 2.27. The van der Waals surface area contributed by atoms with Crippen LogP contribution in [-0.2, 0) is 6.54 Å². The number of methoxy groups -OCH3 is 1. The Morgan fingerprint density at radius 1 is 1.50 bits per heavy atom. The number of halogens is 1. The molecule has 0 aromatic heterocycles. The number of piperazine rings is 1. The van der Waals surface area contributed by atoms with Crippen LogP contribution in [0.1, 0.15) is 32.8 Å². The molecule has 0 aliphatic carbocycles. The molecule has 20 heavy (non-hydrogen) atoms. The first-order chi connectivity index (χ1) is 9.47. The molecule has 1 aromatic carbocycles. The summed E-state index contributed by atoms with van der Waals surface area (Å²) in [7, 11) is 1.72. The molecule has 2 unspecified atom stereocenters. The lowest BCUT2D eigenvalue weighted by Gasteiger charge is -2.45. The van der Waals surface area contributed by atoms with Crippen LogP contribution in [0.2, 0.25) is 0 Å². The lowest BCUT2D eigenvalue weighted by molar-refractivity contribution is 0.0863. The van der Waals surface area contributed by atoms with Gasteiger partial charge in [-0.1, -0.05) is 22.9 Å². The average molecular weight is 341 g/mol. The first-order valence-electron chi connectivity index (χ1n) is 7.29. The summed E-state index contributed by atoms with van der Waals surface area (Å²) in [5.41, 5.74) is 1.51. The summed E-state index contributed by atoms with van der Waals surface area (Å²) in [6.07, 6.45) is 1.15. The quantitative estimate of drug-likeness (QED) is 0.908. The molecule has 0 bridgehead atoms. The Morgan fingerprint density at radius 3 is 2.90 bits per heavy atom. The van der Waals surface area contributed by atoms with Gasteiger partial charge in [0, 0.05) is 35.7 Å². The standard InChI is InChI=1S/C16H25BrN2O/c1-5-16(3)11-19(12(2)9-18-16)10-13-8-14(20-4)6-7-15(13)17/h6-8,12,18H,5,9-11H2,1-4H3. The van der Waals surface area contributed by atoms with Gasteiger partial charge in [-0.05, 0) is 44.0 Å². The molecule has 1 fully saturated rings. The van der Waals surface area contributed by atoms with Crippen molar-refractivity contribution >= 4 is 15.9 Å². The van der Waals surface area contributed by atoms with E-state index in [1.54, 1.807) is 7.11 Å². The summed E-state index contributed by atoms with van der Waals surface area (Å²) in [6.45, 7) is 9.93. The lowest BCUT2D eigenvalue weighted by atomic mass is 9.93. The molecule has 1 saturated heterocycles. The Morgan fingerprint density at radius 2 is 2.25 bits per heavy atom. The maximum absolute atomic E-state index is 5.34.